The fourth-order valence-corrected chi connectivity index (χ4v) is 1.31. The molecule has 0 amide bonds. The fraction of sp³-hybridized carbons (Fsp3) is 0.222. The molecule has 0 saturated heterocycles. The summed E-state index contributed by atoms with van der Waals surface area (Å²) in [6.45, 7) is -0.0155. The molecule has 7 heteroatoms. The van der Waals surface area contributed by atoms with E-state index in [1.807, 2.05) is 6.07 Å². The van der Waals surface area contributed by atoms with Crippen LogP contribution in [-0.2, 0) is 0 Å². The molecule has 0 aliphatic rings. The van der Waals surface area contributed by atoms with Gasteiger partial charge in [0.25, 0.3) is 0 Å². The van der Waals surface area contributed by atoms with Gasteiger partial charge in [0.05, 0.1) is 21.9 Å². The van der Waals surface area contributed by atoms with Crippen LogP contribution in [0.1, 0.15) is 6.42 Å². The Morgan fingerprint density at radius 1 is 1.62 bits per heavy atom. The Kier molecular flexibility index (Phi) is 4.19. The molecule has 0 bridgehead atoms. The highest BCUT2D eigenvalue weighted by Crippen LogP contribution is 2.32. The molecule has 0 unspecified atom stereocenters. The second-order valence-electron chi connectivity index (χ2n) is 2.75. The van der Waals surface area contributed by atoms with Gasteiger partial charge in [-0.2, -0.15) is 5.26 Å². The average Bonchev–Trinajstić information content (AvgIpc) is 2.23. The third kappa shape index (κ3) is 2.90. The maximum Gasteiger partial charge on any atom is 0.312 e. The minimum absolute atomic E-state index is 0.00756. The quantitative estimate of drug-likeness (QED) is 0.485. The van der Waals surface area contributed by atoms with E-state index in [1.54, 1.807) is 0 Å². The number of nitrogens with zero attached hydrogens (tertiary/aromatic N) is 2. The number of hydrogen-bond acceptors (Lipinski definition) is 4. The minimum atomic E-state index is -0.675. The monoisotopic (exact) mass is 288 g/mol. The van der Waals surface area contributed by atoms with E-state index in [0.717, 1.165) is 12.1 Å². The van der Waals surface area contributed by atoms with Crippen molar-refractivity contribution in [1.29, 1.82) is 5.26 Å². The predicted octanol–water partition coefficient (Wildman–Crippen LogP) is 2.79. The molecular weight excluding hydrogens is 283 g/mol. The van der Waals surface area contributed by atoms with Gasteiger partial charge in [-0.05, 0) is 15.9 Å². The Balaban J connectivity index is 3.01. The van der Waals surface area contributed by atoms with Gasteiger partial charge in [0.2, 0.25) is 0 Å². The second-order valence-corrected chi connectivity index (χ2v) is 3.60. The number of benzene rings is 1. The van der Waals surface area contributed by atoms with Gasteiger partial charge in [-0.1, -0.05) is 0 Å². The van der Waals surface area contributed by atoms with Crippen LogP contribution in [-0.4, -0.2) is 11.5 Å². The van der Waals surface area contributed by atoms with Gasteiger partial charge >= 0.3 is 5.69 Å². The molecule has 84 valence electrons. The van der Waals surface area contributed by atoms with Gasteiger partial charge in [-0.15, -0.1) is 0 Å². The molecular formula is C9H6BrFN2O3. The van der Waals surface area contributed by atoms with E-state index >= 15 is 0 Å². The Labute approximate surface area is 98.7 Å². The lowest BCUT2D eigenvalue weighted by molar-refractivity contribution is -0.386. The zero-order chi connectivity index (χ0) is 12.1. The van der Waals surface area contributed by atoms with Crippen molar-refractivity contribution in [3.63, 3.8) is 0 Å². The largest absolute Gasteiger partial charge is 0.486 e. The van der Waals surface area contributed by atoms with Crippen LogP contribution >= 0.6 is 15.9 Å². The van der Waals surface area contributed by atoms with Crippen LogP contribution in [0.25, 0.3) is 0 Å². The summed E-state index contributed by atoms with van der Waals surface area (Å²) < 4.78 is 18.1. The molecule has 0 atom stereocenters. The Bertz CT molecular complexity index is 459. The SMILES string of the molecule is N#CCCOc1cc(F)c(Br)cc1[N+](=O)[O-]. The fourth-order valence-electron chi connectivity index (χ4n) is 0.983. The van der Waals surface area contributed by atoms with E-state index in [0.29, 0.717) is 0 Å². The molecule has 0 fully saturated rings. The maximum atomic E-state index is 13.1. The number of nitro benzene ring substituents is 1. The van der Waals surface area contributed by atoms with Crippen molar-refractivity contribution in [2.45, 2.75) is 6.42 Å². The zero-order valence-electron chi connectivity index (χ0n) is 7.94. The molecule has 0 saturated carbocycles. The van der Waals surface area contributed by atoms with Gasteiger partial charge in [-0.3, -0.25) is 10.1 Å². The van der Waals surface area contributed by atoms with Crippen molar-refractivity contribution in [3.8, 4) is 11.8 Å². The van der Waals surface area contributed by atoms with Crippen LogP contribution in [0.15, 0.2) is 16.6 Å². The number of rotatable bonds is 4. The summed E-state index contributed by atoms with van der Waals surface area (Å²) in [5, 5.41) is 18.9. The van der Waals surface area contributed by atoms with Crippen LogP contribution < -0.4 is 4.74 Å². The molecule has 0 spiro atoms. The number of nitriles is 1. The molecule has 0 radical (unpaired) electrons. The van der Waals surface area contributed by atoms with Crippen molar-refractivity contribution in [2.75, 3.05) is 6.61 Å². The summed E-state index contributed by atoms with van der Waals surface area (Å²) in [4.78, 5) is 9.96. The molecule has 5 nitrogen and oxygen atoms in total. The number of halogens is 2. The van der Waals surface area contributed by atoms with Crippen LogP contribution in [0.3, 0.4) is 0 Å². The van der Waals surface area contributed by atoms with Crippen LogP contribution in [0.5, 0.6) is 5.75 Å². The van der Waals surface area contributed by atoms with Gasteiger partial charge in [0.15, 0.2) is 5.75 Å². The molecule has 0 aliphatic heterocycles. The third-order valence-electron chi connectivity index (χ3n) is 1.67. The highest BCUT2D eigenvalue weighted by molar-refractivity contribution is 9.10. The van der Waals surface area contributed by atoms with Crippen molar-refractivity contribution in [2.24, 2.45) is 0 Å². The van der Waals surface area contributed by atoms with E-state index in [9.17, 15) is 14.5 Å². The average molecular weight is 289 g/mol. The summed E-state index contributed by atoms with van der Waals surface area (Å²) in [5.74, 6) is -0.835. The molecule has 1 aromatic carbocycles. The minimum Gasteiger partial charge on any atom is -0.486 e. The van der Waals surface area contributed by atoms with E-state index in [2.05, 4.69) is 15.9 Å². The number of nitro groups is 1. The van der Waals surface area contributed by atoms with Crippen molar-refractivity contribution in [3.05, 3.63) is 32.5 Å². The Morgan fingerprint density at radius 3 is 2.88 bits per heavy atom. The predicted molar refractivity (Wildman–Crippen MR) is 56.5 cm³/mol. The first-order chi connectivity index (χ1) is 7.56. The normalized spacial score (nSPS) is 9.56. The van der Waals surface area contributed by atoms with Gasteiger partial charge < -0.3 is 4.74 Å². The van der Waals surface area contributed by atoms with Crippen molar-refractivity contribution in [1.82, 2.24) is 0 Å². The van der Waals surface area contributed by atoms with Crippen molar-refractivity contribution >= 4 is 21.6 Å². The standard InChI is InChI=1S/C9H6BrFN2O3/c10-6-4-8(13(14)15)9(5-7(6)11)16-3-1-2-12/h4-5H,1,3H2. The van der Waals surface area contributed by atoms with E-state index in [-0.39, 0.29) is 28.9 Å². The number of ether oxygens (including phenoxy) is 1. The van der Waals surface area contributed by atoms with Gasteiger partial charge in [0.1, 0.15) is 12.4 Å². The molecule has 1 rings (SSSR count). The van der Waals surface area contributed by atoms with E-state index < -0.39 is 10.7 Å². The zero-order valence-corrected chi connectivity index (χ0v) is 9.53. The summed E-state index contributed by atoms with van der Waals surface area (Å²) in [6, 6.07) is 3.76. The summed E-state index contributed by atoms with van der Waals surface area (Å²) in [7, 11) is 0. The molecule has 0 heterocycles. The van der Waals surface area contributed by atoms with Gasteiger partial charge in [-0.25, -0.2) is 4.39 Å². The third-order valence-corrected chi connectivity index (χ3v) is 2.28. The summed E-state index contributed by atoms with van der Waals surface area (Å²) >= 11 is 2.84. The van der Waals surface area contributed by atoms with Crippen molar-refractivity contribution < 1.29 is 14.1 Å². The highest BCUT2D eigenvalue weighted by atomic mass is 79.9. The Morgan fingerprint density at radius 2 is 2.31 bits per heavy atom. The molecule has 16 heavy (non-hydrogen) atoms. The smallest absolute Gasteiger partial charge is 0.312 e. The maximum absolute atomic E-state index is 13.1. The Hall–Kier alpha value is -1.68. The molecule has 0 aromatic heterocycles. The summed E-state index contributed by atoms with van der Waals surface area (Å²) in [5.41, 5.74) is -0.341. The first kappa shape index (κ1) is 12.4. The lowest BCUT2D eigenvalue weighted by Crippen LogP contribution is -2.00. The highest BCUT2D eigenvalue weighted by Gasteiger charge is 2.18. The molecule has 0 aliphatic carbocycles. The first-order valence-corrected chi connectivity index (χ1v) is 4.98. The van der Waals surface area contributed by atoms with E-state index in [4.69, 9.17) is 10.00 Å². The lowest BCUT2D eigenvalue weighted by atomic mass is 10.3. The van der Waals surface area contributed by atoms with Crippen LogP contribution in [0.4, 0.5) is 10.1 Å². The first-order valence-electron chi connectivity index (χ1n) is 4.19. The van der Waals surface area contributed by atoms with E-state index in [1.165, 1.54) is 0 Å². The summed E-state index contributed by atoms with van der Waals surface area (Å²) in [6.07, 6.45) is 0.0782. The topological polar surface area (TPSA) is 76.2 Å². The van der Waals surface area contributed by atoms with Crippen LogP contribution in [0.2, 0.25) is 0 Å². The van der Waals surface area contributed by atoms with Gasteiger partial charge in [0, 0.05) is 12.1 Å². The molecule has 1 aromatic rings. The molecule has 0 N–H and O–H groups in total. The number of hydrogen-bond donors (Lipinski definition) is 0. The van der Waals surface area contributed by atoms with Crippen LogP contribution in [0, 0.1) is 27.3 Å². The lowest BCUT2D eigenvalue weighted by Gasteiger charge is -2.05. The second kappa shape index (κ2) is 5.42.